The molecule has 0 bridgehead atoms. The van der Waals surface area contributed by atoms with Gasteiger partial charge in [0, 0.05) is 10.7 Å². The molecule has 1 aliphatic heterocycles. The van der Waals surface area contributed by atoms with Crippen molar-refractivity contribution in [2.24, 2.45) is 0 Å². The summed E-state index contributed by atoms with van der Waals surface area (Å²) in [4.78, 5) is 27.6. The van der Waals surface area contributed by atoms with Crippen LogP contribution in [0.4, 0.5) is 5.69 Å². The number of hydrogen-bond acceptors (Lipinski definition) is 5. The van der Waals surface area contributed by atoms with Gasteiger partial charge in [0.15, 0.2) is 0 Å². The zero-order valence-corrected chi connectivity index (χ0v) is 18.2. The third kappa shape index (κ3) is 4.66. The van der Waals surface area contributed by atoms with Crippen LogP contribution in [0.2, 0.25) is 5.02 Å². The first-order chi connectivity index (χ1) is 14.3. The van der Waals surface area contributed by atoms with Crippen LogP contribution < -0.4 is 10.1 Å². The Bertz CT molecular complexity index is 983. The number of amides is 2. The maximum absolute atomic E-state index is 13.2. The highest BCUT2D eigenvalue weighted by Gasteiger charge is 2.39. The van der Waals surface area contributed by atoms with Gasteiger partial charge in [-0.3, -0.25) is 14.5 Å². The Morgan fingerprint density at radius 1 is 1.07 bits per heavy atom. The molecule has 3 rings (SSSR count). The Morgan fingerprint density at radius 3 is 2.37 bits per heavy atom. The summed E-state index contributed by atoms with van der Waals surface area (Å²) < 4.78 is 10.7. The van der Waals surface area contributed by atoms with Crippen LogP contribution in [0.5, 0.6) is 5.75 Å². The van der Waals surface area contributed by atoms with Gasteiger partial charge in [0.05, 0.1) is 31.9 Å². The van der Waals surface area contributed by atoms with Crippen molar-refractivity contribution in [1.82, 2.24) is 4.90 Å². The van der Waals surface area contributed by atoms with E-state index >= 15 is 0 Å². The minimum Gasteiger partial charge on any atom is -0.497 e. The second-order valence-corrected chi connectivity index (χ2v) is 7.68. The molecule has 1 N–H and O–H groups in total. The van der Waals surface area contributed by atoms with Gasteiger partial charge >= 0.3 is 0 Å². The maximum Gasteiger partial charge on any atom is 0.278 e. The van der Waals surface area contributed by atoms with Crippen LogP contribution in [0.3, 0.4) is 0 Å². The number of methoxy groups -OCH3 is 1. The molecular weight excluding hydrogens is 404 g/mol. The van der Waals surface area contributed by atoms with Crippen LogP contribution in [0.25, 0.3) is 5.57 Å². The van der Waals surface area contributed by atoms with Gasteiger partial charge in [-0.05, 0) is 62.2 Å². The number of ether oxygens (including phenoxy) is 2. The fraction of sp³-hybridized carbons (Fsp3) is 0.304. The summed E-state index contributed by atoms with van der Waals surface area (Å²) in [6.07, 6.45) is 0.0149. The molecule has 2 aromatic rings. The van der Waals surface area contributed by atoms with E-state index in [2.05, 4.69) is 5.32 Å². The number of halogens is 1. The molecule has 0 aliphatic carbocycles. The maximum atomic E-state index is 13.2. The van der Waals surface area contributed by atoms with Crippen molar-refractivity contribution < 1.29 is 19.1 Å². The van der Waals surface area contributed by atoms with Crippen LogP contribution in [-0.4, -0.2) is 43.1 Å². The standard InChI is InChI=1S/C23H25ClN2O4/c1-14(2)30-12-11-26-22(27)20(16-5-8-18(29-4)9-6-16)21(23(26)28)25-19-10-7-17(24)13-15(19)3/h5-10,13-14,25H,11-12H2,1-4H3. The third-order valence-corrected chi connectivity index (χ3v) is 5.00. The number of hydrogen-bond donors (Lipinski definition) is 1. The van der Waals surface area contributed by atoms with Gasteiger partial charge in [-0.15, -0.1) is 0 Å². The molecule has 0 radical (unpaired) electrons. The third-order valence-electron chi connectivity index (χ3n) is 4.76. The predicted molar refractivity (Wildman–Crippen MR) is 118 cm³/mol. The Balaban J connectivity index is 1.98. The van der Waals surface area contributed by atoms with Gasteiger partial charge in [-0.1, -0.05) is 23.7 Å². The summed E-state index contributed by atoms with van der Waals surface area (Å²) in [7, 11) is 1.57. The van der Waals surface area contributed by atoms with Gasteiger partial charge in [0.2, 0.25) is 0 Å². The zero-order chi connectivity index (χ0) is 21.8. The van der Waals surface area contributed by atoms with E-state index < -0.39 is 0 Å². The average Bonchev–Trinajstić information content (AvgIpc) is 2.94. The number of nitrogens with zero attached hydrogens (tertiary/aromatic N) is 1. The molecule has 6 nitrogen and oxygen atoms in total. The van der Waals surface area contributed by atoms with E-state index in [9.17, 15) is 9.59 Å². The van der Waals surface area contributed by atoms with E-state index in [1.807, 2.05) is 20.8 Å². The highest BCUT2D eigenvalue weighted by molar-refractivity contribution is 6.36. The summed E-state index contributed by atoms with van der Waals surface area (Å²) >= 11 is 6.05. The first-order valence-electron chi connectivity index (χ1n) is 9.71. The molecular formula is C23H25ClN2O4. The molecule has 2 amide bonds. The molecule has 158 valence electrons. The molecule has 0 saturated heterocycles. The molecule has 30 heavy (non-hydrogen) atoms. The second-order valence-electron chi connectivity index (χ2n) is 7.24. The van der Waals surface area contributed by atoms with E-state index in [0.29, 0.717) is 27.6 Å². The number of anilines is 1. The summed E-state index contributed by atoms with van der Waals surface area (Å²) in [5, 5.41) is 3.76. The topological polar surface area (TPSA) is 67.9 Å². The highest BCUT2D eigenvalue weighted by Crippen LogP contribution is 2.32. The smallest absolute Gasteiger partial charge is 0.278 e. The van der Waals surface area contributed by atoms with Gasteiger partial charge in [-0.25, -0.2) is 0 Å². The van der Waals surface area contributed by atoms with Crippen LogP contribution in [-0.2, 0) is 14.3 Å². The van der Waals surface area contributed by atoms with Gasteiger partial charge < -0.3 is 14.8 Å². The number of nitrogens with one attached hydrogen (secondary N) is 1. The summed E-state index contributed by atoms with van der Waals surface area (Å²) in [6.45, 7) is 6.16. The Hall–Kier alpha value is -2.83. The van der Waals surface area contributed by atoms with Crippen molar-refractivity contribution in [2.75, 3.05) is 25.6 Å². The quantitative estimate of drug-likeness (QED) is 0.636. The number of carbonyl (C=O) groups is 2. The normalized spacial score (nSPS) is 14.1. The molecule has 0 saturated carbocycles. The van der Waals surface area contributed by atoms with Crippen LogP contribution in [0, 0.1) is 6.92 Å². The van der Waals surface area contributed by atoms with Crippen LogP contribution >= 0.6 is 11.6 Å². The second kappa shape index (κ2) is 9.32. The summed E-state index contributed by atoms with van der Waals surface area (Å²) in [5.41, 5.74) is 2.77. The van der Waals surface area contributed by atoms with E-state index in [-0.39, 0.29) is 36.8 Å². The van der Waals surface area contributed by atoms with E-state index in [0.717, 1.165) is 5.56 Å². The lowest BCUT2D eigenvalue weighted by Gasteiger charge is -2.16. The highest BCUT2D eigenvalue weighted by atomic mass is 35.5. The first-order valence-corrected chi connectivity index (χ1v) is 10.1. The monoisotopic (exact) mass is 428 g/mol. The van der Waals surface area contributed by atoms with E-state index in [4.69, 9.17) is 21.1 Å². The number of imide groups is 1. The summed E-state index contributed by atoms with van der Waals surface area (Å²) in [5.74, 6) is -0.0690. The van der Waals surface area contributed by atoms with Gasteiger partial charge in [0.25, 0.3) is 11.8 Å². The van der Waals surface area contributed by atoms with Gasteiger partial charge in [0.1, 0.15) is 11.4 Å². The van der Waals surface area contributed by atoms with Crippen LogP contribution in [0.1, 0.15) is 25.0 Å². The number of benzene rings is 2. The number of aryl methyl sites for hydroxylation is 1. The molecule has 0 spiro atoms. The van der Waals surface area contributed by atoms with Crippen molar-refractivity contribution >= 4 is 34.7 Å². The van der Waals surface area contributed by atoms with Crippen molar-refractivity contribution in [3.63, 3.8) is 0 Å². The van der Waals surface area contributed by atoms with Gasteiger partial charge in [-0.2, -0.15) is 0 Å². The van der Waals surface area contributed by atoms with Crippen LogP contribution in [0.15, 0.2) is 48.2 Å². The molecule has 0 atom stereocenters. The van der Waals surface area contributed by atoms with E-state index in [1.165, 1.54) is 4.90 Å². The first kappa shape index (κ1) is 21.9. The molecule has 1 heterocycles. The largest absolute Gasteiger partial charge is 0.497 e. The lowest BCUT2D eigenvalue weighted by Crippen LogP contribution is -2.35. The van der Waals surface area contributed by atoms with E-state index in [1.54, 1.807) is 49.6 Å². The fourth-order valence-electron chi connectivity index (χ4n) is 3.20. The SMILES string of the molecule is COc1ccc(C2=C(Nc3ccc(Cl)cc3C)C(=O)N(CCOC(C)C)C2=O)cc1. The average molecular weight is 429 g/mol. The van der Waals surface area contributed by atoms with Crippen molar-refractivity contribution in [2.45, 2.75) is 26.9 Å². The Kier molecular flexibility index (Phi) is 6.80. The number of rotatable bonds is 8. The van der Waals surface area contributed by atoms with Crippen molar-refractivity contribution in [3.8, 4) is 5.75 Å². The predicted octanol–water partition coefficient (Wildman–Crippen LogP) is 4.27. The Labute approximate surface area is 181 Å². The van der Waals surface area contributed by atoms with Crippen molar-refractivity contribution in [1.29, 1.82) is 0 Å². The minimum atomic E-state index is -0.382. The number of carbonyl (C=O) groups excluding carboxylic acids is 2. The minimum absolute atomic E-state index is 0.0149. The Morgan fingerprint density at radius 2 is 1.77 bits per heavy atom. The molecule has 7 heteroatoms. The lowest BCUT2D eigenvalue weighted by molar-refractivity contribution is -0.137. The summed E-state index contributed by atoms with van der Waals surface area (Å²) in [6, 6.07) is 12.4. The molecule has 0 fully saturated rings. The molecule has 0 unspecified atom stereocenters. The molecule has 2 aromatic carbocycles. The molecule has 0 aromatic heterocycles. The fourth-order valence-corrected chi connectivity index (χ4v) is 3.43. The molecule has 1 aliphatic rings. The zero-order valence-electron chi connectivity index (χ0n) is 17.5. The van der Waals surface area contributed by atoms with Crippen molar-refractivity contribution in [3.05, 3.63) is 64.3 Å². The lowest BCUT2D eigenvalue weighted by atomic mass is 10.0.